The van der Waals surface area contributed by atoms with E-state index in [0.717, 1.165) is 14.9 Å². The fraction of sp³-hybridized carbons (Fsp3) is 0.222. The van der Waals surface area contributed by atoms with Crippen molar-refractivity contribution in [2.75, 3.05) is 24.7 Å². The van der Waals surface area contributed by atoms with Gasteiger partial charge < -0.3 is 15.4 Å². The maximum atomic E-state index is 12.0. The Kier molecular flexibility index (Phi) is 7.33. The summed E-state index contributed by atoms with van der Waals surface area (Å²) in [6.07, 6.45) is 0. The van der Waals surface area contributed by atoms with Gasteiger partial charge in [-0.05, 0) is 42.8 Å². The van der Waals surface area contributed by atoms with Crippen LogP contribution in [0.15, 0.2) is 51.8 Å². The van der Waals surface area contributed by atoms with Crippen LogP contribution in [-0.4, -0.2) is 31.2 Å². The highest BCUT2D eigenvalue weighted by molar-refractivity contribution is 9.10. The number of hydrogen-bond donors (Lipinski definition) is 2. The Labute approximate surface area is 159 Å². The SMILES string of the molecule is COc1ccc(C)cc1NC(=O)CNC(=O)CSc1cccc(Br)c1. The van der Waals surface area contributed by atoms with Gasteiger partial charge in [0.05, 0.1) is 25.1 Å². The van der Waals surface area contributed by atoms with E-state index in [-0.39, 0.29) is 24.1 Å². The second-order valence-corrected chi connectivity index (χ2v) is 7.24. The number of amides is 2. The van der Waals surface area contributed by atoms with Gasteiger partial charge in [-0.1, -0.05) is 28.1 Å². The molecule has 5 nitrogen and oxygen atoms in total. The Balaban J connectivity index is 1.79. The molecular weight excluding hydrogens is 404 g/mol. The van der Waals surface area contributed by atoms with Gasteiger partial charge in [-0.2, -0.15) is 0 Å². The van der Waals surface area contributed by atoms with Crippen molar-refractivity contribution in [1.82, 2.24) is 5.32 Å². The number of halogens is 1. The molecule has 0 aliphatic heterocycles. The van der Waals surface area contributed by atoms with Gasteiger partial charge in [0, 0.05) is 9.37 Å². The van der Waals surface area contributed by atoms with Crippen molar-refractivity contribution >= 4 is 45.2 Å². The summed E-state index contributed by atoms with van der Waals surface area (Å²) in [5, 5.41) is 5.36. The standard InChI is InChI=1S/C18H19BrN2O3S/c1-12-6-7-16(24-2)15(8-12)21-17(22)10-20-18(23)11-25-14-5-3-4-13(19)9-14/h3-9H,10-11H2,1-2H3,(H,20,23)(H,21,22). The van der Waals surface area contributed by atoms with E-state index in [9.17, 15) is 9.59 Å². The van der Waals surface area contributed by atoms with Crippen LogP contribution in [0.4, 0.5) is 5.69 Å². The molecule has 2 aromatic rings. The van der Waals surface area contributed by atoms with Gasteiger partial charge in [-0.15, -0.1) is 11.8 Å². The van der Waals surface area contributed by atoms with Crippen molar-refractivity contribution < 1.29 is 14.3 Å². The third-order valence-electron chi connectivity index (χ3n) is 3.24. The first kappa shape index (κ1) is 19.3. The zero-order chi connectivity index (χ0) is 18.2. The van der Waals surface area contributed by atoms with Crippen LogP contribution < -0.4 is 15.4 Å². The molecule has 7 heteroatoms. The lowest BCUT2D eigenvalue weighted by Crippen LogP contribution is -2.34. The summed E-state index contributed by atoms with van der Waals surface area (Å²) in [6.45, 7) is 1.84. The second kappa shape index (κ2) is 9.48. The summed E-state index contributed by atoms with van der Waals surface area (Å²) >= 11 is 4.80. The van der Waals surface area contributed by atoms with Gasteiger partial charge >= 0.3 is 0 Å². The highest BCUT2D eigenvalue weighted by Crippen LogP contribution is 2.25. The number of ether oxygens (including phenoxy) is 1. The van der Waals surface area contributed by atoms with E-state index in [1.54, 1.807) is 13.2 Å². The number of carbonyl (C=O) groups is 2. The predicted octanol–water partition coefficient (Wildman–Crippen LogP) is 3.61. The van der Waals surface area contributed by atoms with E-state index in [0.29, 0.717) is 11.4 Å². The molecule has 0 aliphatic rings. The fourth-order valence-electron chi connectivity index (χ4n) is 2.05. The molecular formula is C18H19BrN2O3S. The molecule has 132 valence electrons. The first-order chi connectivity index (χ1) is 12.0. The summed E-state index contributed by atoms with van der Waals surface area (Å²) in [6, 6.07) is 13.2. The normalized spacial score (nSPS) is 10.2. The van der Waals surface area contributed by atoms with Gasteiger partial charge in [-0.25, -0.2) is 0 Å². The Morgan fingerprint density at radius 3 is 2.68 bits per heavy atom. The molecule has 0 atom stereocenters. The van der Waals surface area contributed by atoms with Gasteiger partial charge in [0.15, 0.2) is 0 Å². The van der Waals surface area contributed by atoms with Crippen LogP contribution in [0, 0.1) is 6.92 Å². The van der Waals surface area contributed by atoms with E-state index >= 15 is 0 Å². The lowest BCUT2D eigenvalue weighted by molar-refractivity contribution is -0.122. The zero-order valence-electron chi connectivity index (χ0n) is 14.0. The molecule has 0 spiro atoms. The van der Waals surface area contributed by atoms with Crippen molar-refractivity contribution in [2.24, 2.45) is 0 Å². The lowest BCUT2D eigenvalue weighted by atomic mass is 10.2. The summed E-state index contributed by atoms with van der Waals surface area (Å²) in [5.41, 5.74) is 1.59. The Hall–Kier alpha value is -1.99. The minimum atomic E-state index is -0.301. The first-order valence-electron chi connectivity index (χ1n) is 7.57. The predicted molar refractivity (Wildman–Crippen MR) is 104 cm³/mol. The molecule has 2 rings (SSSR count). The Morgan fingerprint density at radius 2 is 1.96 bits per heavy atom. The number of hydrogen-bond acceptors (Lipinski definition) is 4. The number of nitrogens with one attached hydrogen (secondary N) is 2. The van der Waals surface area contributed by atoms with Crippen LogP contribution in [0.25, 0.3) is 0 Å². The topological polar surface area (TPSA) is 67.4 Å². The average molecular weight is 423 g/mol. The van der Waals surface area contributed by atoms with Crippen molar-refractivity contribution in [3.05, 3.63) is 52.5 Å². The minimum Gasteiger partial charge on any atom is -0.495 e. The number of methoxy groups -OCH3 is 1. The van der Waals surface area contributed by atoms with Crippen LogP contribution in [0.1, 0.15) is 5.56 Å². The van der Waals surface area contributed by atoms with Crippen molar-refractivity contribution in [1.29, 1.82) is 0 Å². The van der Waals surface area contributed by atoms with E-state index < -0.39 is 0 Å². The highest BCUT2D eigenvalue weighted by atomic mass is 79.9. The average Bonchev–Trinajstić information content (AvgIpc) is 2.58. The molecule has 25 heavy (non-hydrogen) atoms. The van der Waals surface area contributed by atoms with E-state index in [1.165, 1.54) is 11.8 Å². The number of carbonyl (C=O) groups excluding carboxylic acids is 2. The molecule has 2 amide bonds. The molecule has 0 bridgehead atoms. The molecule has 0 saturated carbocycles. The highest BCUT2D eigenvalue weighted by Gasteiger charge is 2.10. The molecule has 2 aromatic carbocycles. The number of rotatable bonds is 7. The third-order valence-corrected chi connectivity index (χ3v) is 4.73. The van der Waals surface area contributed by atoms with E-state index in [2.05, 4.69) is 26.6 Å². The molecule has 0 heterocycles. The quantitative estimate of drug-likeness (QED) is 0.668. The lowest BCUT2D eigenvalue weighted by Gasteiger charge is -2.11. The van der Waals surface area contributed by atoms with Gasteiger partial charge in [0.2, 0.25) is 11.8 Å². The van der Waals surface area contributed by atoms with Gasteiger partial charge in [0.25, 0.3) is 0 Å². The molecule has 0 aliphatic carbocycles. The van der Waals surface area contributed by atoms with Gasteiger partial charge in [0.1, 0.15) is 5.75 Å². The number of benzene rings is 2. The summed E-state index contributed by atoms with van der Waals surface area (Å²) in [5.74, 6) is 0.328. The monoisotopic (exact) mass is 422 g/mol. The third kappa shape index (κ3) is 6.43. The van der Waals surface area contributed by atoms with Crippen molar-refractivity contribution in [3.8, 4) is 5.75 Å². The second-order valence-electron chi connectivity index (χ2n) is 5.27. The van der Waals surface area contributed by atoms with E-state index in [4.69, 9.17) is 4.74 Å². The number of anilines is 1. The molecule has 0 fully saturated rings. The van der Waals surface area contributed by atoms with Gasteiger partial charge in [-0.3, -0.25) is 9.59 Å². The van der Waals surface area contributed by atoms with Crippen LogP contribution in [-0.2, 0) is 9.59 Å². The maximum Gasteiger partial charge on any atom is 0.243 e. The maximum absolute atomic E-state index is 12.0. The summed E-state index contributed by atoms with van der Waals surface area (Å²) < 4.78 is 6.18. The fourth-order valence-corrected chi connectivity index (χ4v) is 3.39. The smallest absolute Gasteiger partial charge is 0.243 e. The van der Waals surface area contributed by atoms with Crippen molar-refractivity contribution in [3.63, 3.8) is 0 Å². The zero-order valence-corrected chi connectivity index (χ0v) is 16.4. The Bertz CT molecular complexity index is 768. The van der Waals surface area contributed by atoms with Crippen molar-refractivity contribution in [2.45, 2.75) is 11.8 Å². The minimum absolute atomic E-state index is 0.0883. The number of aryl methyl sites for hydroxylation is 1. The summed E-state index contributed by atoms with van der Waals surface area (Å²) in [7, 11) is 1.54. The molecule has 0 radical (unpaired) electrons. The van der Waals surface area contributed by atoms with Crippen LogP contribution in [0.3, 0.4) is 0 Å². The molecule has 0 unspecified atom stereocenters. The van der Waals surface area contributed by atoms with Crippen LogP contribution in [0.5, 0.6) is 5.75 Å². The largest absolute Gasteiger partial charge is 0.495 e. The van der Waals surface area contributed by atoms with Crippen LogP contribution >= 0.6 is 27.7 Å². The van der Waals surface area contributed by atoms with E-state index in [1.807, 2.05) is 43.3 Å². The molecule has 0 saturated heterocycles. The molecule has 2 N–H and O–H groups in total. The Morgan fingerprint density at radius 1 is 1.16 bits per heavy atom. The molecule has 0 aromatic heterocycles. The summed E-state index contributed by atoms with van der Waals surface area (Å²) in [4.78, 5) is 24.9. The number of thioether (sulfide) groups is 1. The first-order valence-corrected chi connectivity index (χ1v) is 9.35. The van der Waals surface area contributed by atoms with Crippen LogP contribution in [0.2, 0.25) is 0 Å².